The summed E-state index contributed by atoms with van der Waals surface area (Å²) >= 11 is 0. The number of nitrogens with one attached hydrogen (secondary N) is 1. The van der Waals surface area contributed by atoms with Gasteiger partial charge in [0.05, 0.1) is 0 Å². The molecule has 8 rings (SSSR count). The molecule has 2 saturated heterocycles. The number of hydrogen-bond donors (Lipinski definition) is 2. The van der Waals surface area contributed by atoms with Gasteiger partial charge in [0.15, 0.2) is 6.54 Å². The zero-order chi connectivity index (χ0) is 44.8. The summed E-state index contributed by atoms with van der Waals surface area (Å²) < 4.78 is 81.4. The first-order chi connectivity index (χ1) is 30.2. The van der Waals surface area contributed by atoms with Gasteiger partial charge in [-0.3, -0.25) is 9.59 Å². The SMILES string of the molecule is C1CCNC1.O=C(Cn1nnc(-c2ccccc2Cc2ccc(OC(F)(F)F)cc2)n1)N1CCCC1.O=C(O)Cn1nnc(-c2ccccc2Cc2ccc(OC(F)(F)F)cc2)n1. The van der Waals surface area contributed by atoms with Crippen molar-refractivity contribution in [1.29, 1.82) is 0 Å². The number of tetrazole rings is 2. The second kappa shape index (κ2) is 21.3. The summed E-state index contributed by atoms with van der Waals surface area (Å²) in [5, 5.41) is 36.1. The molecule has 0 spiro atoms. The average molecular weight is 881 g/mol. The van der Waals surface area contributed by atoms with Crippen LogP contribution in [0, 0.1) is 0 Å². The van der Waals surface area contributed by atoms with E-state index in [0.29, 0.717) is 24.2 Å². The molecule has 2 N–H and O–H groups in total. The Labute approximate surface area is 356 Å². The third-order valence-corrected chi connectivity index (χ3v) is 9.49. The first-order valence-electron chi connectivity index (χ1n) is 19.8. The maximum atomic E-state index is 12.3. The zero-order valence-electron chi connectivity index (χ0n) is 33.6. The highest BCUT2D eigenvalue weighted by molar-refractivity contribution is 5.76. The highest BCUT2D eigenvalue weighted by Gasteiger charge is 2.32. The van der Waals surface area contributed by atoms with E-state index in [0.717, 1.165) is 58.5 Å². The van der Waals surface area contributed by atoms with E-state index in [9.17, 15) is 35.9 Å². The molecule has 2 fully saturated rings. The molecule has 63 heavy (non-hydrogen) atoms. The van der Waals surface area contributed by atoms with Crippen LogP contribution in [0.1, 0.15) is 47.9 Å². The van der Waals surface area contributed by atoms with Crippen molar-refractivity contribution in [3.05, 3.63) is 119 Å². The van der Waals surface area contributed by atoms with Crippen molar-refractivity contribution in [1.82, 2.24) is 50.6 Å². The minimum atomic E-state index is -4.73. The van der Waals surface area contributed by atoms with E-state index < -0.39 is 25.2 Å². The normalized spacial score (nSPS) is 13.7. The van der Waals surface area contributed by atoms with Crippen LogP contribution >= 0.6 is 0 Å². The molecule has 2 aliphatic rings. The first-order valence-corrected chi connectivity index (χ1v) is 19.8. The number of hydrogen-bond acceptors (Lipinski definition) is 11. The zero-order valence-corrected chi connectivity index (χ0v) is 33.6. The van der Waals surface area contributed by atoms with Crippen molar-refractivity contribution in [3.63, 3.8) is 0 Å². The largest absolute Gasteiger partial charge is 0.573 e. The maximum Gasteiger partial charge on any atom is 0.573 e. The molecule has 15 nitrogen and oxygen atoms in total. The Morgan fingerprint density at radius 3 is 1.43 bits per heavy atom. The third-order valence-electron chi connectivity index (χ3n) is 9.49. The van der Waals surface area contributed by atoms with E-state index in [1.807, 2.05) is 36.4 Å². The van der Waals surface area contributed by atoms with Gasteiger partial charge in [0, 0.05) is 24.2 Å². The summed E-state index contributed by atoms with van der Waals surface area (Å²) in [5.74, 6) is -1.02. The number of amides is 1. The van der Waals surface area contributed by atoms with Crippen LogP contribution in [0.4, 0.5) is 26.3 Å². The minimum absolute atomic E-state index is 0.0316. The summed E-state index contributed by atoms with van der Waals surface area (Å²) in [7, 11) is 0. The average Bonchev–Trinajstić information content (AvgIpc) is 4.09. The number of carboxylic acids is 1. The number of carboxylic acid groups (broad SMARTS) is 1. The number of carbonyl (C=O) groups is 2. The molecule has 0 bridgehead atoms. The molecule has 4 heterocycles. The van der Waals surface area contributed by atoms with Crippen LogP contribution in [-0.2, 0) is 35.5 Å². The summed E-state index contributed by atoms with van der Waals surface area (Å²) in [5.41, 5.74) is 4.67. The van der Waals surface area contributed by atoms with Crippen LogP contribution in [0.3, 0.4) is 0 Å². The van der Waals surface area contributed by atoms with Crippen molar-refractivity contribution in [2.75, 3.05) is 26.2 Å². The number of ether oxygens (including phenoxy) is 2. The smallest absolute Gasteiger partial charge is 0.480 e. The molecule has 0 unspecified atom stereocenters. The van der Waals surface area contributed by atoms with Crippen LogP contribution in [0.25, 0.3) is 22.8 Å². The van der Waals surface area contributed by atoms with Crippen molar-refractivity contribution in [3.8, 4) is 34.3 Å². The third kappa shape index (κ3) is 14.6. The number of aliphatic carboxylic acids is 1. The summed E-state index contributed by atoms with van der Waals surface area (Å²) in [6.07, 6.45) is -3.78. The number of aromatic nitrogens is 8. The number of nitrogens with zero attached hydrogens (tertiary/aromatic N) is 9. The molecule has 0 radical (unpaired) electrons. The summed E-state index contributed by atoms with van der Waals surface area (Å²) in [6, 6.07) is 25.9. The van der Waals surface area contributed by atoms with E-state index in [4.69, 9.17) is 5.11 Å². The second-order valence-electron chi connectivity index (χ2n) is 14.3. The highest BCUT2D eigenvalue weighted by Crippen LogP contribution is 2.28. The van der Waals surface area contributed by atoms with Crippen molar-refractivity contribution >= 4 is 11.9 Å². The highest BCUT2D eigenvalue weighted by atomic mass is 19.4. The molecule has 6 aromatic rings. The summed E-state index contributed by atoms with van der Waals surface area (Å²) in [4.78, 5) is 27.1. The lowest BCUT2D eigenvalue weighted by Crippen LogP contribution is -2.31. The molecule has 4 aromatic carbocycles. The van der Waals surface area contributed by atoms with Gasteiger partial charge in [0.25, 0.3) is 0 Å². The van der Waals surface area contributed by atoms with E-state index in [1.54, 1.807) is 29.2 Å². The maximum absolute atomic E-state index is 12.3. The quantitative estimate of drug-likeness (QED) is 0.124. The van der Waals surface area contributed by atoms with Gasteiger partial charge in [-0.05, 0) is 109 Å². The molecule has 2 aromatic heterocycles. The van der Waals surface area contributed by atoms with E-state index in [1.165, 1.54) is 67.1 Å². The number of benzene rings is 4. The van der Waals surface area contributed by atoms with Gasteiger partial charge >= 0.3 is 18.7 Å². The Morgan fingerprint density at radius 2 is 1.03 bits per heavy atom. The molecule has 21 heteroatoms. The number of carbonyl (C=O) groups excluding carboxylic acids is 1. The molecule has 1 amide bonds. The van der Waals surface area contributed by atoms with Gasteiger partial charge in [-0.2, -0.15) is 9.59 Å². The van der Waals surface area contributed by atoms with Crippen LogP contribution in [-0.4, -0.2) is 101 Å². The van der Waals surface area contributed by atoms with Gasteiger partial charge in [-0.1, -0.05) is 72.8 Å². The van der Waals surface area contributed by atoms with E-state index in [-0.39, 0.29) is 29.8 Å². The summed E-state index contributed by atoms with van der Waals surface area (Å²) in [6.45, 7) is 3.65. The lowest BCUT2D eigenvalue weighted by molar-refractivity contribution is -0.275. The standard InChI is InChI=1S/C21H20F3N5O2.C17H13F3N4O3.C4H9N/c22-21(23,24)31-17-9-7-15(8-10-17)13-16-5-1-2-6-18(16)20-25-27-29(26-20)14-19(30)28-11-3-4-12-28;18-17(19,20)27-13-7-5-11(6-8-13)9-12-3-1-2-4-14(12)16-21-23-24(22-16)10-15(25)26;1-2-4-5-3-1/h1-2,5-10H,3-4,11-14H2;1-8H,9-10H2,(H,25,26);5H,1-4H2. The number of rotatable bonds is 12. The molecular formula is C42H42F6N10O5. The van der Waals surface area contributed by atoms with E-state index in [2.05, 4.69) is 45.6 Å². The Morgan fingerprint density at radius 1 is 0.603 bits per heavy atom. The van der Waals surface area contributed by atoms with Crippen molar-refractivity contribution in [2.45, 2.75) is 64.3 Å². The Bertz CT molecular complexity index is 2390. The van der Waals surface area contributed by atoms with Crippen molar-refractivity contribution < 1.29 is 50.5 Å². The first kappa shape index (κ1) is 45.6. The Balaban J connectivity index is 0.000000190. The Hall–Kier alpha value is -6.90. The van der Waals surface area contributed by atoms with Crippen LogP contribution in [0.2, 0.25) is 0 Å². The minimum Gasteiger partial charge on any atom is -0.480 e. The van der Waals surface area contributed by atoms with Crippen LogP contribution in [0.15, 0.2) is 97.1 Å². The Kier molecular flexibility index (Phi) is 15.4. The van der Waals surface area contributed by atoms with Gasteiger partial charge in [-0.15, -0.1) is 46.7 Å². The second-order valence-corrected chi connectivity index (χ2v) is 14.3. The molecule has 2 aliphatic heterocycles. The lowest BCUT2D eigenvalue weighted by atomic mass is 9.99. The lowest BCUT2D eigenvalue weighted by Gasteiger charge is -2.13. The number of halogens is 6. The van der Waals surface area contributed by atoms with Gasteiger partial charge in [-0.25, -0.2) is 0 Å². The van der Waals surface area contributed by atoms with Gasteiger partial charge in [0.2, 0.25) is 17.6 Å². The van der Waals surface area contributed by atoms with Gasteiger partial charge < -0.3 is 24.8 Å². The van der Waals surface area contributed by atoms with Gasteiger partial charge in [0.1, 0.15) is 18.0 Å². The molecule has 0 aliphatic carbocycles. The van der Waals surface area contributed by atoms with Crippen LogP contribution in [0.5, 0.6) is 11.5 Å². The van der Waals surface area contributed by atoms with E-state index >= 15 is 0 Å². The predicted molar refractivity (Wildman–Crippen MR) is 214 cm³/mol. The fourth-order valence-corrected chi connectivity index (χ4v) is 6.61. The number of likely N-dealkylation sites (tertiary alicyclic amines) is 1. The topological polar surface area (TPSA) is 175 Å². The fourth-order valence-electron chi connectivity index (χ4n) is 6.61. The number of alkyl halides is 6. The van der Waals surface area contributed by atoms with Crippen LogP contribution < -0.4 is 14.8 Å². The monoisotopic (exact) mass is 880 g/mol. The fraction of sp³-hybridized carbons (Fsp3) is 0.333. The predicted octanol–water partition coefficient (Wildman–Crippen LogP) is 6.74. The molecule has 0 atom stereocenters. The molecule has 332 valence electrons. The molecular weight excluding hydrogens is 839 g/mol. The van der Waals surface area contributed by atoms with Crippen molar-refractivity contribution in [2.24, 2.45) is 0 Å². The molecule has 0 saturated carbocycles.